The van der Waals surface area contributed by atoms with Crippen molar-refractivity contribution in [2.24, 2.45) is 0 Å². The summed E-state index contributed by atoms with van der Waals surface area (Å²) in [6, 6.07) is 12.9. The molecule has 12 heteroatoms. The van der Waals surface area contributed by atoms with E-state index in [0.29, 0.717) is 79.8 Å². The Kier molecular flexibility index (Phi) is 8.10. The molecule has 3 aromatic carbocycles. The highest BCUT2D eigenvalue weighted by atomic mass is 19.1. The van der Waals surface area contributed by atoms with E-state index in [1.54, 1.807) is 46.2 Å². The number of carbonyl (C=O) groups is 3. The molecule has 2 N–H and O–H groups in total. The maximum atomic E-state index is 13.7. The van der Waals surface area contributed by atoms with E-state index < -0.39 is 17.5 Å². The molecule has 0 spiro atoms. The van der Waals surface area contributed by atoms with Gasteiger partial charge in [0.05, 0.1) is 11.4 Å². The van der Waals surface area contributed by atoms with Gasteiger partial charge in [0, 0.05) is 68.6 Å². The molecule has 6 rings (SSSR count). The Balaban J connectivity index is 1.23. The number of hydrogen-bond acceptors (Lipinski definition) is 7. The molecule has 0 aromatic heterocycles. The van der Waals surface area contributed by atoms with Gasteiger partial charge in [0.2, 0.25) is 6.79 Å². The van der Waals surface area contributed by atoms with Crippen LogP contribution in [0, 0.1) is 11.6 Å². The lowest BCUT2D eigenvalue weighted by molar-refractivity contribution is 0.0743. The number of nitrogens with one attached hydrogen (secondary N) is 2. The molecule has 3 aromatic rings. The first-order valence-electron chi connectivity index (χ1n) is 14.2. The number of piperazine rings is 1. The van der Waals surface area contributed by atoms with E-state index in [-0.39, 0.29) is 24.2 Å². The van der Waals surface area contributed by atoms with E-state index in [9.17, 15) is 23.2 Å². The molecule has 3 aliphatic heterocycles. The first kappa shape index (κ1) is 28.4. The second-order valence-electron chi connectivity index (χ2n) is 10.6. The van der Waals surface area contributed by atoms with Gasteiger partial charge in [-0.2, -0.15) is 0 Å². The van der Waals surface area contributed by atoms with Gasteiger partial charge in [0.1, 0.15) is 11.6 Å². The smallest absolute Gasteiger partial charge is 0.255 e. The van der Waals surface area contributed by atoms with Crippen molar-refractivity contribution in [3.8, 4) is 11.5 Å². The van der Waals surface area contributed by atoms with Crippen molar-refractivity contribution in [2.45, 2.75) is 6.42 Å². The summed E-state index contributed by atoms with van der Waals surface area (Å²) >= 11 is 0. The summed E-state index contributed by atoms with van der Waals surface area (Å²) in [6.45, 7) is 4.28. The average molecular weight is 592 g/mol. The molecule has 0 aliphatic carbocycles. The van der Waals surface area contributed by atoms with Crippen molar-refractivity contribution in [1.29, 1.82) is 0 Å². The first-order chi connectivity index (χ1) is 20.9. The van der Waals surface area contributed by atoms with Gasteiger partial charge in [-0.1, -0.05) is 0 Å². The van der Waals surface area contributed by atoms with Gasteiger partial charge in [-0.15, -0.1) is 0 Å². The Morgan fingerprint density at radius 2 is 1.40 bits per heavy atom. The van der Waals surface area contributed by atoms with Crippen molar-refractivity contribution in [1.82, 2.24) is 15.1 Å². The number of ether oxygens (including phenoxy) is 2. The van der Waals surface area contributed by atoms with E-state index >= 15 is 0 Å². The Labute approximate surface area is 247 Å². The summed E-state index contributed by atoms with van der Waals surface area (Å²) in [5, 5.41) is 6.27. The summed E-state index contributed by atoms with van der Waals surface area (Å²) in [5.41, 5.74) is 1.91. The Hall–Kier alpha value is -4.71. The zero-order valence-electron chi connectivity index (χ0n) is 23.4. The predicted molar refractivity (Wildman–Crippen MR) is 155 cm³/mol. The maximum absolute atomic E-state index is 13.7. The van der Waals surface area contributed by atoms with Crippen molar-refractivity contribution in [2.75, 3.05) is 69.4 Å². The van der Waals surface area contributed by atoms with Crippen LogP contribution < -0.4 is 25.0 Å². The number of benzene rings is 3. The van der Waals surface area contributed by atoms with E-state index in [1.807, 2.05) is 4.90 Å². The standard InChI is InChI=1S/C31H31F2N5O5/c32-23-14-22(15-24(33)18-23)31(41)38-12-10-36(11-13-38)26-4-2-21(30(40)37-8-1-6-34-7-9-37)16-25(26)35-29(39)20-3-5-27-28(17-20)43-19-42-27/h2-5,14-18,34H,1,6-13,19H2,(H,35,39). The molecule has 3 heterocycles. The van der Waals surface area contributed by atoms with E-state index in [4.69, 9.17) is 9.47 Å². The number of amides is 3. The highest BCUT2D eigenvalue weighted by Gasteiger charge is 2.27. The molecule has 0 unspecified atom stereocenters. The van der Waals surface area contributed by atoms with Gasteiger partial charge in [-0.05, 0) is 61.5 Å². The molecule has 0 radical (unpaired) electrons. The predicted octanol–water partition coefficient (Wildman–Crippen LogP) is 3.34. The number of halogens is 2. The van der Waals surface area contributed by atoms with Gasteiger partial charge in [-0.25, -0.2) is 8.78 Å². The summed E-state index contributed by atoms with van der Waals surface area (Å²) in [6.07, 6.45) is 0.850. The molecule has 0 bridgehead atoms. The minimum atomic E-state index is -0.809. The van der Waals surface area contributed by atoms with Crippen molar-refractivity contribution >= 4 is 29.1 Å². The highest BCUT2D eigenvalue weighted by Crippen LogP contribution is 2.34. The minimum absolute atomic E-state index is 0.0470. The van der Waals surface area contributed by atoms with Gasteiger partial charge in [0.15, 0.2) is 11.5 Å². The molecule has 10 nitrogen and oxygen atoms in total. The van der Waals surface area contributed by atoms with Crippen molar-refractivity contribution in [3.63, 3.8) is 0 Å². The van der Waals surface area contributed by atoms with E-state index in [2.05, 4.69) is 10.6 Å². The maximum Gasteiger partial charge on any atom is 0.255 e. The van der Waals surface area contributed by atoms with Crippen LogP contribution in [0.3, 0.4) is 0 Å². The molecular weight excluding hydrogens is 560 g/mol. The number of fused-ring (bicyclic) bond motifs is 1. The van der Waals surface area contributed by atoms with Crippen LogP contribution in [-0.4, -0.2) is 86.7 Å². The molecule has 0 atom stereocenters. The Bertz CT molecular complexity index is 1530. The fourth-order valence-electron chi connectivity index (χ4n) is 5.52. The number of rotatable bonds is 5. The number of hydrogen-bond donors (Lipinski definition) is 2. The topological polar surface area (TPSA) is 103 Å². The van der Waals surface area contributed by atoms with Gasteiger partial charge in [-0.3, -0.25) is 14.4 Å². The van der Waals surface area contributed by atoms with Crippen LogP contribution in [0.1, 0.15) is 37.5 Å². The third-order valence-electron chi connectivity index (χ3n) is 7.77. The van der Waals surface area contributed by atoms with E-state index in [1.165, 1.54) is 0 Å². The van der Waals surface area contributed by atoms with Crippen LogP contribution in [0.5, 0.6) is 11.5 Å². The number of carbonyl (C=O) groups excluding carboxylic acids is 3. The normalized spacial score (nSPS) is 16.6. The molecule has 3 aliphatic rings. The molecule has 3 amide bonds. The lowest BCUT2D eigenvalue weighted by Crippen LogP contribution is -2.49. The third kappa shape index (κ3) is 6.24. The van der Waals surface area contributed by atoms with Crippen LogP contribution >= 0.6 is 0 Å². The second-order valence-corrected chi connectivity index (χ2v) is 10.6. The van der Waals surface area contributed by atoms with Gasteiger partial charge < -0.3 is 34.8 Å². The largest absolute Gasteiger partial charge is 0.454 e. The lowest BCUT2D eigenvalue weighted by Gasteiger charge is -2.37. The molecular formula is C31H31F2N5O5. The lowest BCUT2D eigenvalue weighted by atomic mass is 10.1. The molecule has 2 fully saturated rings. The summed E-state index contributed by atoms with van der Waals surface area (Å²) in [4.78, 5) is 45.1. The monoisotopic (exact) mass is 591 g/mol. The molecule has 2 saturated heterocycles. The summed E-state index contributed by atoms with van der Waals surface area (Å²) in [7, 11) is 0. The Morgan fingerprint density at radius 1 is 0.698 bits per heavy atom. The third-order valence-corrected chi connectivity index (χ3v) is 7.77. The van der Waals surface area contributed by atoms with Crippen molar-refractivity contribution < 1.29 is 32.6 Å². The Morgan fingerprint density at radius 3 is 2.19 bits per heavy atom. The van der Waals surface area contributed by atoms with Crippen LogP contribution in [0.25, 0.3) is 0 Å². The SMILES string of the molecule is O=C(Nc1cc(C(=O)N2CCCNCC2)ccc1N1CCN(C(=O)c2cc(F)cc(F)c2)CC1)c1ccc2c(c1)OCO2. The van der Waals surface area contributed by atoms with Crippen LogP contribution in [0.4, 0.5) is 20.2 Å². The summed E-state index contributed by atoms with van der Waals surface area (Å²) < 4.78 is 38.2. The average Bonchev–Trinajstić information content (AvgIpc) is 3.32. The molecule has 0 saturated carbocycles. The van der Waals surface area contributed by atoms with Crippen LogP contribution in [0.15, 0.2) is 54.6 Å². The number of anilines is 2. The van der Waals surface area contributed by atoms with Crippen LogP contribution in [-0.2, 0) is 0 Å². The zero-order valence-corrected chi connectivity index (χ0v) is 23.4. The fourth-order valence-corrected chi connectivity index (χ4v) is 5.52. The molecule has 224 valence electrons. The second kappa shape index (κ2) is 12.3. The minimum Gasteiger partial charge on any atom is -0.454 e. The van der Waals surface area contributed by atoms with E-state index in [0.717, 1.165) is 31.2 Å². The van der Waals surface area contributed by atoms with Gasteiger partial charge in [0.25, 0.3) is 17.7 Å². The summed E-state index contributed by atoms with van der Waals surface area (Å²) in [5.74, 6) is -1.54. The number of nitrogens with zero attached hydrogens (tertiary/aromatic N) is 3. The van der Waals surface area contributed by atoms with Gasteiger partial charge >= 0.3 is 0 Å². The fraction of sp³-hybridized carbons (Fsp3) is 0.323. The highest BCUT2D eigenvalue weighted by molar-refractivity contribution is 6.07. The quantitative estimate of drug-likeness (QED) is 0.469. The van der Waals surface area contributed by atoms with Crippen molar-refractivity contribution in [3.05, 3.63) is 82.9 Å². The zero-order chi connectivity index (χ0) is 29.9. The van der Waals surface area contributed by atoms with Crippen LogP contribution in [0.2, 0.25) is 0 Å². The first-order valence-corrected chi connectivity index (χ1v) is 14.2. The molecule has 43 heavy (non-hydrogen) atoms.